The SMILES string of the molecule is NCc1cc2c(cc1OCCc1cccnc1)OCO2. The highest BCUT2D eigenvalue weighted by Gasteiger charge is 2.17. The molecule has 2 aromatic rings. The topological polar surface area (TPSA) is 66.6 Å². The van der Waals surface area contributed by atoms with Crippen LogP contribution in [0.4, 0.5) is 0 Å². The molecule has 0 fully saturated rings. The number of nitrogens with zero attached hydrogens (tertiary/aromatic N) is 1. The Bertz CT molecular complexity index is 587. The molecule has 5 heteroatoms. The number of rotatable bonds is 5. The molecular formula is C15H16N2O3. The van der Waals surface area contributed by atoms with E-state index < -0.39 is 0 Å². The van der Waals surface area contributed by atoms with E-state index in [0.717, 1.165) is 29.0 Å². The Hall–Kier alpha value is -2.27. The number of pyridine rings is 1. The Morgan fingerprint density at radius 3 is 2.85 bits per heavy atom. The van der Waals surface area contributed by atoms with Crippen molar-refractivity contribution < 1.29 is 14.2 Å². The average Bonchev–Trinajstić information content (AvgIpc) is 2.94. The van der Waals surface area contributed by atoms with Gasteiger partial charge in [-0.3, -0.25) is 4.98 Å². The molecule has 20 heavy (non-hydrogen) atoms. The summed E-state index contributed by atoms with van der Waals surface area (Å²) < 4.78 is 16.5. The Morgan fingerprint density at radius 2 is 2.10 bits per heavy atom. The number of hydrogen-bond acceptors (Lipinski definition) is 5. The average molecular weight is 272 g/mol. The van der Waals surface area contributed by atoms with E-state index in [2.05, 4.69) is 4.98 Å². The molecule has 0 saturated heterocycles. The van der Waals surface area contributed by atoms with Crippen molar-refractivity contribution in [2.45, 2.75) is 13.0 Å². The van der Waals surface area contributed by atoms with E-state index in [0.29, 0.717) is 18.9 Å². The smallest absolute Gasteiger partial charge is 0.231 e. The van der Waals surface area contributed by atoms with E-state index in [1.54, 1.807) is 6.20 Å². The molecule has 0 spiro atoms. The molecule has 104 valence electrons. The first-order chi connectivity index (χ1) is 9.86. The molecule has 0 saturated carbocycles. The van der Waals surface area contributed by atoms with Crippen LogP contribution < -0.4 is 19.9 Å². The molecule has 0 amide bonds. The van der Waals surface area contributed by atoms with Crippen LogP contribution in [-0.2, 0) is 13.0 Å². The van der Waals surface area contributed by atoms with Gasteiger partial charge in [0.05, 0.1) is 6.61 Å². The van der Waals surface area contributed by atoms with Crippen molar-refractivity contribution in [3.63, 3.8) is 0 Å². The molecule has 2 heterocycles. The van der Waals surface area contributed by atoms with E-state index >= 15 is 0 Å². The lowest BCUT2D eigenvalue weighted by molar-refractivity contribution is 0.173. The first-order valence-electron chi connectivity index (χ1n) is 6.51. The third-order valence-electron chi connectivity index (χ3n) is 3.15. The van der Waals surface area contributed by atoms with E-state index in [1.807, 2.05) is 30.5 Å². The van der Waals surface area contributed by atoms with Gasteiger partial charge in [0.2, 0.25) is 6.79 Å². The zero-order valence-electron chi connectivity index (χ0n) is 11.0. The highest BCUT2D eigenvalue weighted by molar-refractivity contribution is 5.51. The second kappa shape index (κ2) is 5.79. The predicted octanol–water partition coefficient (Wildman–Crippen LogP) is 1.89. The lowest BCUT2D eigenvalue weighted by Gasteiger charge is -2.11. The number of fused-ring (bicyclic) bond motifs is 1. The van der Waals surface area contributed by atoms with E-state index in [4.69, 9.17) is 19.9 Å². The molecule has 1 aromatic heterocycles. The lowest BCUT2D eigenvalue weighted by atomic mass is 10.1. The number of nitrogens with two attached hydrogens (primary N) is 1. The summed E-state index contributed by atoms with van der Waals surface area (Å²) in [7, 11) is 0. The van der Waals surface area contributed by atoms with Crippen LogP contribution in [0.2, 0.25) is 0 Å². The number of benzene rings is 1. The van der Waals surface area contributed by atoms with Crippen molar-refractivity contribution in [3.8, 4) is 17.2 Å². The van der Waals surface area contributed by atoms with Gasteiger partial charge in [0, 0.05) is 37.0 Å². The van der Waals surface area contributed by atoms with Crippen LogP contribution in [0, 0.1) is 0 Å². The molecule has 0 bridgehead atoms. The maximum absolute atomic E-state index is 5.81. The molecule has 5 nitrogen and oxygen atoms in total. The highest BCUT2D eigenvalue weighted by Crippen LogP contribution is 2.38. The van der Waals surface area contributed by atoms with Gasteiger partial charge in [-0.25, -0.2) is 0 Å². The van der Waals surface area contributed by atoms with Gasteiger partial charge < -0.3 is 19.9 Å². The van der Waals surface area contributed by atoms with Gasteiger partial charge in [0.15, 0.2) is 11.5 Å². The lowest BCUT2D eigenvalue weighted by Crippen LogP contribution is -2.06. The summed E-state index contributed by atoms with van der Waals surface area (Å²) in [5.74, 6) is 2.18. The monoisotopic (exact) mass is 272 g/mol. The normalized spacial score (nSPS) is 12.4. The van der Waals surface area contributed by atoms with Crippen molar-refractivity contribution in [3.05, 3.63) is 47.8 Å². The molecule has 0 radical (unpaired) electrons. The van der Waals surface area contributed by atoms with Gasteiger partial charge in [-0.2, -0.15) is 0 Å². The zero-order chi connectivity index (χ0) is 13.8. The van der Waals surface area contributed by atoms with Crippen LogP contribution in [-0.4, -0.2) is 18.4 Å². The summed E-state index contributed by atoms with van der Waals surface area (Å²) in [6.07, 6.45) is 4.40. The Labute approximate surface area is 117 Å². The fourth-order valence-electron chi connectivity index (χ4n) is 2.08. The van der Waals surface area contributed by atoms with Crippen molar-refractivity contribution >= 4 is 0 Å². The highest BCUT2D eigenvalue weighted by atomic mass is 16.7. The molecule has 0 aliphatic carbocycles. The molecule has 0 atom stereocenters. The summed E-state index contributed by atoms with van der Waals surface area (Å²) in [6, 6.07) is 7.66. The Kier molecular flexibility index (Phi) is 3.69. The van der Waals surface area contributed by atoms with E-state index in [9.17, 15) is 0 Å². The molecule has 1 aromatic carbocycles. The maximum Gasteiger partial charge on any atom is 0.231 e. The van der Waals surface area contributed by atoms with Gasteiger partial charge in [-0.15, -0.1) is 0 Å². The van der Waals surface area contributed by atoms with E-state index in [-0.39, 0.29) is 6.79 Å². The summed E-state index contributed by atoms with van der Waals surface area (Å²) >= 11 is 0. The number of hydrogen-bond donors (Lipinski definition) is 1. The van der Waals surface area contributed by atoms with Crippen LogP contribution in [0.3, 0.4) is 0 Å². The van der Waals surface area contributed by atoms with Crippen LogP contribution >= 0.6 is 0 Å². The fourth-order valence-corrected chi connectivity index (χ4v) is 2.08. The molecular weight excluding hydrogens is 256 g/mol. The summed E-state index contributed by atoms with van der Waals surface area (Å²) in [6.45, 7) is 1.22. The molecule has 1 aliphatic heterocycles. The molecule has 3 rings (SSSR count). The second-order valence-corrected chi connectivity index (χ2v) is 4.48. The van der Waals surface area contributed by atoms with Gasteiger partial charge >= 0.3 is 0 Å². The van der Waals surface area contributed by atoms with Gasteiger partial charge in [0.1, 0.15) is 5.75 Å². The first-order valence-corrected chi connectivity index (χ1v) is 6.51. The maximum atomic E-state index is 5.81. The van der Waals surface area contributed by atoms with Crippen molar-refractivity contribution in [1.82, 2.24) is 4.98 Å². The largest absolute Gasteiger partial charge is 0.493 e. The first kappa shape index (κ1) is 12.7. The number of ether oxygens (including phenoxy) is 3. The Balaban J connectivity index is 1.68. The van der Waals surface area contributed by atoms with Gasteiger partial charge in [-0.1, -0.05) is 6.07 Å². The molecule has 1 aliphatic rings. The zero-order valence-corrected chi connectivity index (χ0v) is 11.0. The standard InChI is InChI=1S/C15H16N2O3/c16-8-12-6-14-15(20-10-19-14)7-13(12)18-5-3-11-2-1-4-17-9-11/h1-2,4,6-7,9H,3,5,8,10,16H2. The molecule has 0 unspecified atom stereocenters. The second-order valence-electron chi connectivity index (χ2n) is 4.48. The van der Waals surface area contributed by atoms with Crippen molar-refractivity contribution in [2.75, 3.05) is 13.4 Å². The van der Waals surface area contributed by atoms with Crippen LogP contribution in [0.1, 0.15) is 11.1 Å². The van der Waals surface area contributed by atoms with Gasteiger partial charge in [0.25, 0.3) is 0 Å². The minimum absolute atomic E-state index is 0.248. The Morgan fingerprint density at radius 1 is 1.25 bits per heavy atom. The third-order valence-corrected chi connectivity index (χ3v) is 3.15. The summed E-state index contributed by atoms with van der Waals surface area (Å²) in [4.78, 5) is 4.08. The predicted molar refractivity (Wildman–Crippen MR) is 73.9 cm³/mol. The minimum Gasteiger partial charge on any atom is -0.493 e. The summed E-state index contributed by atoms with van der Waals surface area (Å²) in [5, 5.41) is 0. The summed E-state index contributed by atoms with van der Waals surface area (Å²) in [5.41, 5.74) is 7.80. The van der Waals surface area contributed by atoms with Crippen LogP contribution in [0.15, 0.2) is 36.7 Å². The van der Waals surface area contributed by atoms with Crippen molar-refractivity contribution in [1.29, 1.82) is 0 Å². The van der Waals surface area contributed by atoms with Crippen LogP contribution in [0.25, 0.3) is 0 Å². The fraction of sp³-hybridized carbons (Fsp3) is 0.267. The molecule has 2 N–H and O–H groups in total. The third kappa shape index (κ3) is 2.67. The van der Waals surface area contributed by atoms with Gasteiger partial charge in [-0.05, 0) is 17.7 Å². The minimum atomic E-state index is 0.248. The quantitative estimate of drug-likeness (QED) is 0.900. The van der Waals surface area contributed by atoms with Crippen LogP contribution in [0.5, 0.6) is 17.2 Å². The van der Waals surface area contributed by atoms with Crippen molar-refractivity contribution in [2.24, 2.45) is 5.73 Å². The van der Waals surface area contributed by atoms with E-state index in [1.165, 1.54) is 0 Å². The number of aromatic nitrogens is 1.